The van der Waals surface area contributed by atoms with Crippen LogP contribution in [0.5, 0.6) is 5.75 Å². The molecule has 20 heavy (non-hydrogen) atoms. The van der Waals surface area contributed by atoms with Crippen molar-refractivity contribution in [3.05, 3.63) is 50.4 Å². The highest BCUT2D eigenvalue weighted by Gasteiger charge is 2.16. The first-order valence-electron chi connectivity index (χ1n) is 5.48. The zero-order valence-electron chi connectivity index (χ0n) is 10.2. The van der Waals surface area contributed by atoms with Crippen LogP contribution in [0.4, 0.5) is 0 Å². The van der Waals surface area contributed by atoms with Crippen molar-refractivity contribution < 1.29 is 19.1 Å². The highest BCUT2D eigenvalue weighted by Crippen LogP contribution is 2.36. The number of furan rings is 1. The fraction of sp³-hybridized carbons (Fsp3) is 0.154. The second kappa shape index (κ2) is 5.95. The molecule has 2 rings (SSSR count). The normalized spacial score (nSPS) is 10.6. The number of aromatic carboxylic acids is 1. The number of carboxylic acid groups (broad SMARTS) is 1. The molecule has 0 saturated carbocycles. The maximum atomic E-state index is 10.9. The zero-order chi connectivity index (χ0) is 14.9. The van der Waals surface area contributed by atoms with Crippen molar-refractivity contribution in [2.24, 2.45) is 0 Å². The van der Waals surface area contributed by atoms with E-state index in [-0.39, 0.29) is 28.2 Å². The highest BCUT2D eigenvalue weighted by molar-refractivity contribution is 6.40. The van der Waals surface area contributed by atoms with Gasteiger partial charge in [0.05, 0.1) is 10.0 Å². The molecule has 0 aliphatic carbocycles. The molecule has 0 aliphatic rings. The molecule has 1 heterocycles. The first kappa shape index (κ1) is 15.0. The Balaban J connectivity index is 2.17. The Morgan fingerprint density at radius 3 is 2.35 bits per heavy atom. The van der Waals surface area contributed by atoms with Gasteiger partial charge in [0.1, 0.15) is 12.4 Å². The van der Waals surface area contributed by atoms with E-state index < -0.39 is 5.97 Å². The van der Waals surface area contributed by atoms with Crippen LogP contribution in [-0.4, -0.2) is 11.1 Å². The molecule has 0 fully saturated rings. The Morgan fingerprint density at radius 1 is 1.25 bits per heavy atom. The largest absolute Gasteiger partial charge is 0.483 e. The van der Waals surface area contributed by atoms with Crippen LogP contribution in [0.25, 0.3) is 0 Å². The SMILES string of the molecule is Cc1cc(COc2c(Cl)cc(Cl)cc2Cl)oc1C(=O)O. The van der Waals surface area contributed by atoms with Gasteiger partial charge in [-0.05, 0) is 25.1 Å². The van der Waals surface area contributed by atoms with Crippen LogP contribution in [0.15, 0.2) is 22.6 Å². The summed E-state index contributed by atoms with van der Waals surface area (Å²) in [6.45, 7) is 1.65. The van der Waals surface area contributed by atoms with Crippen LogP contribution >= 0.6 is 34.8 Å². The Hall–Kier alpha value is -1.36. The number of carboxylic acids is 1. The standard InChI is InChI=1S/C13H9Cl3O4/c1-6-2-8(20-11(6)13(17)18)5-19-12-9(15)3-7(14)4-10(12)16/h2-4H,5H2,1H3,(H,17,18). The van der Waals surface area contributed by atoms with Gasteiger partial charge >= 0.3 is 5.97 Å². The molecule has 0 amide bonds. The van der Waals surface area contributed by atoms with E-state index in [1.54, 1.807) is 13.0 Å². The van der Waals surface area contributed by atoms with E-state index in [1.807, 2.05) is 0 Å². The first-order chi connectivity index (χ1) is 9.38. The van der Waals surface area contributed by atoms with Gasteiger partial charge in [-0.1, -0.05) is 34.8 Å². The number of carbonyl (C=O) groups is 1. The predicted molar refractivity (Wildman–Crippen MR) is 76.2 cm³/mol. The number of rotatable bonds is 4. The van der Waals surface area contributed by atoms with Gasteiger partial charge in [-0.3, -0.25) is 0 Å². The van der Waals surface area contributed by atoms with Crippen molar-refractivity contribution in [3.8, 4) is 5.75 Å². The molecule has 1 aromatic carbocycles. The third kappa shape index (κ3) is 3.20. The number of hydrogen-bond acceptors (Lipinski definition) is 3. The van der Waals surface area contributed by atoms with Gasteiger partial charge in [0.15, 0.2) is 5.75 Å². The van der Waals surface area contributed by atoms with Gasteiger partial charge in [-0.2, -0.15) is 0 Å². The Labute approximate surface area is 129 Å². The number of halogens is 3. The summed E-state index contributed by atoms with van der Waals surface area (Å²) in [5.41, 5.74) is 0.518. The molecule has 0 atom stereocenters. The predicted octanol–water partition coefficient (Wildman–Crippen LogP) is 4.83. The topological polar surface area (TPSA) is 59.7 Å². The molecule has 2 aromatic rings. The van der Waals surface area contributed by atoms with Gasteiger partial charge in [-0.25, -0.2) is 4.79 Å². The number of benzene rings is 1. The molecule has 0 radical (unpaired) electrons. The second-order valence-electron chi connectivity index (χ2n) is 4.02. The van der Waals surface area contributed by atoms with Gasteiger partial charge < -0.3 is 14.3 Å². The summed E-state index contributed by atoms with van der Waals surface area (Å²) in [6.07, 6.45) is 0. The van der Waals surface area contributed by atoms with Gasteiger partial charge in [0.25, 0.3) is 0 Å². The van der Waals surface area contributed by atoms with E-state index in [9.17, 15) is 4.79 Å². The lowest BCUT2D eigenvalue weighted by Crippen LogP contribution is -1.96. The van der Waals surface area contributed by atoms with E-state index in [0.29, 0.717) is 16.3 Å². The minimum Gasteiger partial charge on any atom is -0.483 e. The minimum atomic E-state index is -1.13. The van der Waals surface area contributed by atoms with Crippen molar-refractivity contribution in [1.82, 2.24) is 0 Å². The molecule has 0 saturated heterocycles. The molecule has 0 unspecified atom stereocenters. The van der Waals surface area contributed by atoms with Crippen molar-refractivity contribution in [3.63, 3.8) is 0 Å². The van der Waals surface area contributed by atoms with E-state index in [0.717, 1.165) is 0 Å². The fourth-order valence-electron chi connectivity index (χ4n) is 1.64. The van der Waals surface area contributed by atoms with Gasteiger partial charge in [-0.15, -0.1) is 0 Å². The molecule has 1 aromatic heterocycles. The molecular formula is C13H9Cl3O4. The van der Waals surface area contributed by atoms with Crippen LogP contribution in [0.2, 0.25) is 15.1 Å². The van der Waals surface area contributed by atoms with Crippen molar-refractivity contribution in [2.45, 2.75) is 13.5 Å². The average Bonchev–Trinajstić information content (AvgIpc) is 2.69. The van der Waals surface area contributed by atoms with Crippen LogP contribution < -0.4 is 4.74 Å². The van der Waals surface area contributed by atoms with E-state index in [1.165, 1.54) is 12.1 Å². The Kier molecular flexibility index (Phi) is 4.48. The quantitative estimate of drug-likeness (QED) is 0.869. The summed E-state index contributed by atoms with van der Waals surface area (Å²) in [5, 5.41) is 9.82. The van der Waals surface area contributed by atoms with Crippen LogP contribution in [0, 0.1) is 6.92 Å². The number of hydrogen-bond donors (Lipinski definition) is 1. The first-order valence-corrected chi connectivity index (χ1v) is 6.62. The van der Waals surface area contributed by atoms with Crippen LogP contribution in [-0.2, 0) is 6.61 Å². The molecular weight excluding hydrogens is 326 g/mol. The smallest absolute Gasteiger partial charge is 0.372 e. The lowest BCUT2D eigenvalue weighted by Gasteiger charge is -2.08. The van der Waals surface area contributed by atoms with E-state index in [2.05, 4.69) is 0 Å². The molecule has 4 nitrogen and oxygen atoms in total. The fourth-order valence-corrected chi connectivity index (χ4v) is 2.57. The molecule has 0 spiro atoms. The summed E-state index contributed by atoms with van der Waals surface area (Å²) in [5.74, 6) is -0.612. The van der Waals surface area contributed by atoms with Crippen molar-refractivity contribution >= 4 is 40.8 Å². The highest BCUT2D eigenvalue weighted by atomic mass is 35.5. The van der Waals surface area contributed by atoms with Gasteiger partial charge in [0.2, 0.25) is 5.76 Å². The molecule has 0 bridgehead atoms. The third-order valence-electron chi connectivity index (χ3n) is 2.48. The third-order valence-corrected chi connectivity index (χ3v) is 3.26. The second-order valence-corrected chi connectivity index (χ2v) is 5.27. The molecule has 1 N–H and O–H groups in total. The molecule has 106 valence electrons. The van der Waals surface area contributed by atoms with E-state index in [4.69, 9.17) is 49.1 Å². The minimum absolute atomic E-state index is 0.00912. The zero-order valence-corrected chi connectivity index (χ0v) is 12.5. The summed E-state index contributed by atoms with van der Waals surface area (Å²) in [6, 6.07) is 4.59. The van der Waals surface area contributed by atoms with Gasteiger partial charge in [0, 0.05) is 10.6 Å². The summed E-state index contributed by atoms with van der Waals surface area (Å²) in [4.78, 5) is 10.9. The van der Waals surface area contributed by atoms with E-state index >= 15 is 0 Å². The maximum absolute atomic E-state index is 10.9. The Morgan fingerprint density at radius 2 is 1.85 bits per heavy atom. The Bertz CT molecular complexity index is 641. The summed E-state index contributed by atoms with van der Waals surface area (Å²) >= 11 is 17.7. The summed E-state index contributed by atoms with van der Waals surface area (Å²) < 4.78 is 10.6. The maximum Gasteiger partial charge on any atom is 0.372 e. The lowest BCUT2D eigenvalue weighted by atomic mass is 10.3. The summed E-state index contributed by atoms with van der Waals surface area (Å²) in [7, 11) is 0. The van der Waals surface area contributed by atoms with Crippen LogP contribution in [0.1, 0.15) is 21.9 Å². The number of ether oxygens (including phenoxy) is 1. The monoisotopic (exact) mass is 334 g/mol. The number of aryl methyl sites for hydroxylation is 1. The molecule has 7 heteroatoms. The van der Waals surface area contributed by atoms with Crippen LogP contribution in [0.3, 0.4) is 0 Å². The average molecular weight is 336 g/mol. The van der Waals surface area contributed by atoms with Crippen molar-refractivity contribution in [2.75, 3.05) is 0 Å². The van der Waals surface area contributed by atoms with Crippen molar-refractivity contribution in [1.29, 1.82) is 0 Å². The molecule has 0 aliphatic heterocycles. The lowest BCUT2D eigenvalue weighted by molar-refractivity contribution is 0.0657.